The van der Waals surface area contributed by atoms with Crippen molar-refractivity contribution in [3.8, 4) is 0 Å². The van der Waals surface area contributed by atoms with Crippen LogP contribution < -0.4 is 10.0 Å². The number of carbonyl (C=O) groups excluding carboxylic acids is 2. The highest BCUT2D eigenvalue weighted by Crippen LogP contribution is 2.19. The van der Waals surface area contributed by atoms with E-state index >= 15 is 0 Å². The van der Waals surface area contributed by atoms with Gasteiger partial charge in [0.25, 0.3) is 5.91 Å². The molecule has 0 aliphatic carbocycles. The number of fused-ring (bicyclic) bond motifs is 1. The minimum atomic E-state index is -4.17. The quantitative estimate of drug-likeness (QED) is 0.443. The molecule has 1 atom stereocenters. The molecule has 3 N–H and O–H groups in total. The van der Waals surface area contributed by atoms with Crippen LogP contribution in [0.2, 0.25) is 0 Å². The lowest BCUT2D eigenvalue weighted by Gasteiger charge is -2.18. The Bertz CT molecular complexity index is 1300. The zero-order valence-corrected chi connectivity index (χ0v) is 18.8. The van der Waals surface area contributed by atoms with E-state index in [4.69, 9.17) is 5.11 Å². The van der Waals surface area contributed by atoms with Gasteiger partial charge >= 0.3 is 5.97 Å². The molecule has 33 heavy (non-hydrogen) atoms. The molecule has 0 bridgehead atoms. The molecule has 0 saturated carbocycles. The number of imide groups is 1. The second-order valence-electron chi connectivity index (χ2n) is 7.44. The molecular formula is C24H24N2O6S. The van der Waals surface area contributed by atoms with Crippen molar-refractivity contribution in [2.75, 3.05) is 0 Å². The molecule has 3 aromatic rings. The number of benzene rings is 3. The van der Waals surface area contributed by atoms with Crippen LogP contribution in [-0.2, 0) is 26.0 Å². The number of nitrogens with one attached hydrogen (secondary N) is 2. The molecule has 0 aliphatic rings. The smallest absolute Gasteiger partial charge is 0.303 e. The molecule has 8 nitrogen and oxygen atoms in total. The van der Waals surface area contributed by atoms with Gasteiger partial charge in [0, 0.05) is 12.0 Å². The third kappa shape index (κ3) is 6.03. The number of hydrogen-bond acceptors (Lipinski definition) is 5. The molecule has 0 heterocycles. The maximum atomic E-state index is 13.0. The van der Waals surface area contributed by atoms with Gasteiger partial charge in [-0.15, -0.1) is 0 Å². The summed E-state index contributed by atoms with van der Waals surface area (Å²) in [4.78, 5) is 36.4. The van der Waals surface area contributed by atoms with Crippen LogP contribution in [0.1, 0.15) is 35.7 Å². The first-order valence-electron chi connectivity index (χ1n) is 10.4. The Balaban J connectivity index is 1.84. The Kier molecular flexibility index (Phi) is 7.57. The first kappa shape index (κ1) is 24.1. The molecule has 0 radical (unpaired) electrons. The minimum Gasteiger partial charge on any atom is -0.481 e. The van der Waals surface area contributed by atoms with E-state index in [1.165, 1.54) is 12.1 Å². The van der Waals surface area contributed by atoms with Crippen LogP contribution >= 0.6 is 0 Å². The molecule has 0 fully saturated rings. The van der Waals surface area contributed by atoms with E-state index < -0.39 is 40.3 Å². The van der Waals surface area contributed by atoms with Crippen molar-refractivity contribution in [1.82, 2.24) is 10.0 Å². The Morgan fingerprint density at radius 2 is 1.61 bits per heavy atom. The highest BCUT2D eigenvalue weighted by molar-refractivity contribution is 7.89. The van der Waals surface area contributed by atoms with Crippen molar-refractivity contribution < 1.29 is 27.9 Å². The van der Waals surface area contributed by atoms with Gasteiger partial charge in [0.1, 0.15) is 6.04 Å². The first-order chi connectivity index (χ1) is 15.7. The summed E-state index contributed by atoms with van der Waals surface area (Å²) in [5.41, 5.74) is 1.02. The van der Waals surface area contributed by atoms with Crippen LogP contribution in [0.4, 0.5) is 0 Å². The van der Waals surface area contributed by atoms with Crippen molar-refractivity contribution in [3.63, 3.8) is 0 Å². The minimum absolute atomic E-state index is 0.0722. The molecule has 0 unspecified atom stereocenters. The summed E-state index contributed by atoms with van der Waals surface area (Å²) in [5.74, 6) is -2.79. The van der Waals surface area contributed by atoms with Gasteiger partial charge in [-0.3, -0.25) is 19.7 Å². The maximum absolute atomic E-state index is 13.0. The van der Waals surface area contributed by atoms with Crippen LogP contribution in [0, 0.1) is 0 Å². The molecule has 9 heteroatoms. The molecule has 3 aromatic carbocycles. The van der Waals surface area contributed by atoms with E-state index in [9.17, 15) is 22.8 Å². The van der Waals surface area contributed by atoms with Crippen LogP contribution in [0.3, 0.4) is 0 Å². The number of carboxylic acid groups (broad SMARTS) is 1. The number of amides is 2. The summed E-state index contributed by atoms with van der Waals surface area (Å²) >= 11 is 0. The van der Waals surface area contributed by atoms with Crippen LogP contribution in [-0.4, -0.2) is 37.3 Å². The van der Waals surface area contributed by atoms with E-state index in [1.54, 1.807) is 42.5 Å². The van der Waals surface area contributed by atoms with Gasteiger partial charge in [0.2, 0.25) is 15.9 Å². The average Bonchev–Trinajstić information content (AvgIpc) is 2.81. The summed E-state index contributed by atoms with van der Waals surface area (Å²) in [6, 6.07) is 17.0. The SMILES string of the molecule is CCc1ccccc1C(=O)NC(=O)[C@H](CCC(=O)O)NS(=O)(=O)c1ccc2ccccc2c1. The van der Waals surface area contributed by atoms with Gasteiger partial charge in [-0.1, -0.05) is 55.5 Å². The molecule has 0 aromatic heterocycles. The normalized spacial score (nSPS) is 12.3. The zero-order valence-electron chi connectivity index (χ0n) is 17.9. The predicted molar refractivity (Wildman–Crippen MR) is 123 cm³/mol. The van der Waals surface area contributed by atoms with Crippen molar-refractivity contribution in [2.24, 2.45) is 0 Å². The average molecular weight is 469 g/mol. The molecular weight excluding hydrogens is 444 g/mol. The number of carbonyl (C=O) groups is 3. The second-order valence-corrected chi connectivity index (χ2v) is 9.16. The summed E-state index contributed by atoms with van der Waals surface area (Å²) < 4.78 is 28.2. The number of aryl methyl sites for hydroxylation is 1. The largest absolute Gasteiger partial charge is 0.481 e. The Labute approximate surface area is 191 Å². The highest BCUT2D eigenvalue weighted by atomic mass is 32.2. The second kappa shape index (κ2) is 10.4. The number of sulfonamides is 1. The lowest BCUT2D eigenvalue weighted by molar-refractivity contribution is -0.137. The van der Waals surface area contributed by atoms with Crippen molar-refractivity contribution >= 4 is 38.6 Å². The summed E-state index contributed by atoms with van der Waals surface area (Å²) in [5, 5.41) is 12.8. The van der Waals surface area contributed by atoms with Crippen molar-refractivity contribution in [3.05, 3.63) is 77.9 Å². The molecule has 0 spiro atoms. The molecule has 172 valence electrons. The summed E-state index contributed by atoms with van der Waals surface area (Å²) in [7, 11) is -4.17. The third-order valence-electron chi connectivity index (χ3n) is 5.17. The van der Waals surface area contributed by atoms with E-state index in [2.05, 4.69) is 10.0 Å². The van der Waals surface area contributed by atoms with Crippen molar-refractivity contribution in [2.45, 2.75) is 37.1 Å². The van der Waals surface area contributed by atoms with E-state index in [-0.39, 0.29) is 11.3 Å². The van der Waals surface area contributed by atoms with Gasteiger partial charge in [-0.2, -0.15) is 4.72 Å². The van der Waals surface area contributed by atoms with Gasteiger partial charge in [0.15, 0.2) is 0 Å². The number of rotatable bonds is 9. The fourth-order valence-electron chi connectivity index (χ4n) is 3.42. The molecule has 3 rings (SSSR count). The fourth-order valence-corrected chi connectivity index (χ4v) is 4.68. The van der Waals surface area contributed by atoms with Crippen LogP contribution in [0.25, 0.3) is 10.8 Å². The predicted octanol–water partition coefficient (Wildman–Crippen LogP) is 2.87. The first-order valence-corrected chi connectivity index (χ1v) is 11.9. The van der Waals surface area contributed by atoms with Gasteiger partial charge in [0.05, 0.1) is 4.90 Å². The standard InChI is InChI=1S/C24H24N2O6S/c1-2-16-7-5-6-10-20(16)23(29)25-24(30)21(13-14-22(27)28)26-33(31,32)19-12-11-17-8-3-4-9-18(17)15-19/h3-12,15,21,26H,2,13-14H2,1H3,(H,27,28)(H,25,29,30)/t21-/m0/s1. The molecule has 0 saturated heterocycles. The zero-order chi connectivity index (χ0) is 24.0. The Morgan fingerprint density at radius 1 is 0.939 bits per heavy atom. The van der Waals surface area contributed by atoms with E-state index in [0.29, 0.717) is 17.4 Å². The van der Waals surface area contributed by atoms with E-state index in [1.807, 2.05) is 19.1 Å². The molecule has 0 aliphatic heterocycles. The van der Waals surface area contributed by atoms with Gasteiger partial charge in [-0.05, 0) is 47.4 Å². The van der Waals surface area contributed by atoms with Gasteiger partial charge in [-0.25, -0.2) is 8.42 Å². The lowest BCUT2D eigenvalue weighted by Crippen LogP contribution is -2.48. The number of carboxylic acids is 1. The van der Waals surface area contributed by atoms with Crippen LogP contribution in [0.5, 0.6) is 0 Å². The Morgan fingerprint density at radius 3 is 2.30 bits per heavy atom. The highest BCUT2D eigenvalue weighted by Gasteiger charge is 2.28. The van der Waals surface area contributed by atoms with E-state index in [0.717, 1.165) is 10.9 Å². The van der Waals surface area contributed by atoms with Gasteiger partial charge < -0.3 is 5.11 Å². The van der Waals surface area contributed by atoms with Crippen molar-refractivity contribution in [1.29, 1.82) is 0 Å². The maximum Gasteiger partial charge on any atom is 0.303 e. The topological polar surface area (TPSA) is 130 Å². The molecule has 2 amide bonds. The fraction of sp³-hybridized carbons (Fsp3) is 0.208. The monoisotopic (exact) mass is 468 g/mol. The number of aliphatic carboxylic acids is 1. The van der Waals surface area contributed by atoms with Crippen LogP contribution in [0.15, 0.2) is 71.6 Å². The summed E-state index contributed by atoms with van der Waals surface area (Å²) in [6.07, 6.45) is -0.219. The number of hydrogen-bond donors (Lipinski definition) is 3. The third-order valence-corrected chi connectivity index (χ3v) is 6.64. The Hall–Kier alpha value is -3.56. The summed E-state index contributed by atoms with van der Waals surface area (Å²) in [6.45, 7) is 1.86. The lowest BCUT2D eigenvalue weighted by atomic mass is 10.0.